The molecule has 0 saturated carbocycles. The van der Waals surface area contributed by atoms with Gasteiger partial charge in [-0.2, -0.15) is 5.26 Å². The molecule has 0 aliphatic rings. The molecule has 4 rings (SSSR count). The predicted octanol–water partition coefficient (Wildman–Crippen LogP) is 5.29. The molecule has 38 heavy (non-hydrogen) atoms. The summed E-state index contributed by atoms with van der Waals surface area (Å²) in [6.07, 6.45) is 1.62. The third kappa shape index (κ3) is 7.07. The van der Waals surface area contributed by atoms with Crippen LogP contribution >= 0.6 is 23.4 Å². The quantitative estimate of drug-likeness (QED) is 0.261. The van der Waals surface area contributed by atoms with Gasteiger partial charge < -0.3 is 5.32 Å². The number of benzene rings is 2. The van der Waals surface area contributed by atoms with Gasteiger partial charge in [-0.05, 0) is 61.5 Å². The van der Waals surface area contributed by atoms with Crippen LogP contribution in [-0.4, -0.2) is 35.0 Å². The zero-order valence-electron chi connectivity index (χ0n) is 20.1. The van der Waals surface area contributed by atoms with Crippen LogP contribution in [0.25, 0.3) is 11.3 Å². The van der Waals surface area contributed by atoms with Crippen molar-refractivity contribution >= 4 is 50.9 Å². The molecular weight excluding hydrogens is 544 g/mol. The van der Waals surface area contributed by atoms with Gasteiger partial charge in [0.15, 0.2) is 0 Å². The van der Waals surface area contributed by atoms with Crippen LogP contribution in [0, 0.1) is 18.3 Å². The second kappa shape index (κ2) is 12.0. The van der Waals surface area contributed by atoms with Crippen molar-refractivity contribution in [2.24, 2.45) is 0 Å². The van der Waals surface area contributed by atoms with Crippen molar-refractivity contribution in [3.8, 4) is 17.3 Å². The lowest BCUT2D eigenvalue weighted by atomic mass is 10.1. The number of anilines is 2. The molecule has 0 bridgehead atoms. The minimum Gasteiger partial charge on any atom is -0.326 e. The van der Waals surface area contributed by atoms with Gasteiger partial charge in [-0.25, -0.2) is 28.1 Å². The first-order chi connectivity index (χ1) is 18.2. The lowest BCUT2D eigenvalue weighted by Gasteiger charge is -2.09. The summed E-state index contributed by atoms with van der Waals surface area (Å²) in [7, 11) is -3.88. The monoisotopic (exact) mass is 564 g/mol. The average Bonchev–Trinajstić information content (AvgIpc) is 2.89. The number of thioether (sulfide) groups is 1. The normalized spacial score (nSPS) is 11.0. The highest BCUT2D eigenvalue weighted by Gasteiger charge is 2.16. The number of carbonyl (C=O) groups excluding carboxylic acids is 1. The molecule has 2 N–H and O–H groups in total. The topological polar surface area (TPSA) is 138 Å². The van der Waals surface area contributed by atoms with Crippen molar-refractivity contribution in [3.05, 3.63) is 89.2 Å². The van der Waals surface area contributed by atoms with Crippen LogP contribution < -0.4 is 10.0 Å². The van der Waals surface area contributed by atoms with Crippen LogP contribution in [0.3, 0.4) is 0 Å². The molecule has 192 valence electrons. The number of aromatic nitrogens is 3. The Kier molecular flexibility index (Phi) is 8.58. The van der Waals surface area contributed by atoms with E-state index in [0.29, 0.717) is 38.4 Å². The number of sulfonamides is 1. The number of hydrogen-bond acceptors (Lipinski definition) is 8. The molecule has 2 aromatic heterocycles. The molecule has 2 heterocycles. The van der Waals surface area contributed by atoms with Crippen LogP contribution in [0.5, 0.6) is 0 Å². The maximum Gasteiger partial charge on any atom is 0.264 e. The summed E-state index contributed by atoms with van der Waals surface area (Å²) < 4.78 is 27.5. The van der Waals surface area contributed by atoms with E-state index < -0.39 is 10.0 Å². The second-order valence-electron chi connectivity index (χ2n) is 7.97. The number of nitriles is 1. The van der Waals surface area contributed by atoms with E-state index in [4.69, 9.17) is 11.6 Å². The molecule has 4 aromatic rings. The molecule has 2 aromatic carbocycles. The fraction of sp³-hybridized carbons (Fsp3) is 0.115. The Balaban J connectivity index is 1.34. The highest BCUT2D eigenvalue weighted by Crippen LogP contribution is 2.27. The van der Waals surface area contributed by atoms with Crippen LogP contribution in [0.15, 0.2) is 82.8 Å². The van der Waals surface area contributed by atoms with Crippen molar-refractivity contribution in [3.63, 3.8) is 0 Å². The Bertz CT molecular complexity index is 1610. The Morgan fingerprint density at radius 3 is 2.45 bits per heavy atom. The summed E-state index contributed by atoms with van der Waals surface area (Å²) in [6, 6.07) is 20.3. The first-order valence-corrected chi connectivity index (χ1v) is 14.1. The maximum absolute atomic E-state index is 12.6. The number of nitrogens with one attached hydrogen (secondary N) is 2. The summed E-state index contributed by atoms with van der Waals surface area (Å²) in [5.41, 5.74) is 3.07. The predicted molar refractivity (Wildman–Crippen MR) is 147 cm³/mol. The number of aryl methyl sites for hydroxylation is 1. The van der Waals surface area contributed by atoms with Gasteiger partial charge in [-0.3, -0.25) is 4.79 Å². The van der Waals surface area contributed by atoms with E-state index in [9.17, 15) is 18.5 Å². The SMILES string of the molecule is Cc1ccnc(NS(=O)(=O)c2ccc(NC(=O)CCSc3nc(-c4ccc(Cl)cc4)ccc3C#N)cc2)n1. The Hall–Kier alpha value is -3.98. The number of halogens is 1. The molecule has 1 amide bonds. The number of rotatable bonds is 9. The van der Waals surface area contributed by atoms with Gasteiger partial charge in [0.05, 0.1) is 16.2 Å². The molecule has 0 fully saturated rings. The number of carbonyl (C=O) groups is 1. The summed E-state index contributed by atoms with van der Waals surface area (Å²) in [5.74, 6) is 0.115. The molecule has 12 heteroatoms. The molecule has 0 unspecified atom stereocenters. The minimum atomic E-state index is -3.88. The third-order valence-electron chi connectivity index (χ3n) is 5.16. The Morgan fingerprint density at radius 2 is 1.76 bits per heavy atom. The van der Waals surface area contributed by atoms with Gasteiger partial charge in [0.1, 0.15) is 11.1 Å². The van der Waals surface area contributed by atoms with E-state index in [0.717, 1.165) is 5.56 Å². The molecule has 0 aliphatic heterocycles. The van der Waals surface area contributed by atoms with Gasteiger partial charge in [-0.1, -0.05) is 23.7 Å². The molecular formula is C26H21ClN6O3S2. The minimum absolute atomic E-state index is 0.00633. The zero-order chi connectivity index (χ0) is 27.1. The van der Waals surface area contributed by atoms with E-state index in [-0.39, 0.29) is 23.2 Å². The van der Waals surface area contributed by atoms with Crippen molar-refractivity contribution in [2.75, 3.05) is 15.8 Å². The molecule has 0 atom stereocenters. The van der Waals surface area contributed by atoms with Gasteiger partial charge in [0.2, 0.25) is 11.9 Å². The van der Waals surface area contributed by atoms with Crippen LogP contribution in [0.1, 0.15) is 17.7 Å². The van der Waals surface area contributed by atoms with Crippen molar-refractivity contribution < 1.29 is 13.2 Å². The zero-order valence-corrected chi connectivity index (χ0v) is 22.4. The van der Waals surface area contributed by atoms with E-state index in [2.05, 4.69) is 31.1 Å². The fourth-order valence-corrected chi connectivity index (χ4v) is 5.27. The summed E-state index contributed by atoms with van der Waals surface area (Å²) in [6.45, 7) is 1.73. The number of amides is 1. The summed E-state index contributed by atoms with van der Waals surface area (Å²) in [5, 5.41) is 13.3. The molecule has 0 spiro atoms. The summed E-state index contributed by atoms with van der Waals surface area (Å²) in [4.78, 5) is 25.0. The maximum atomic E-state index is 12.6. The first-order valence-electron chi connectivity index (χ1n) is 11.3. The molecule has 0 aliphatic carbocycles. The lowest BCUT2D eigenvalue weighted by molar-refractivity contribution is -0.115. The van der Waals surface area contributed by atoms with E-state index in [1.165, 1.54) is 42.2 Å². The van der Waals surface area contributed by atoms with Gasteiger partial charge in [0.25, 0.3) is 10.0 Å². The van der Waals surface area contributed by atoms with Crippen molar-refractivity contribution in [2.45, 2.75) is 23.3 Å². The smallest absolute Gasteiger partial charge is 0.264 e. The molecule has 9 nitrogen and oxygen atoms in total. The third-order valence-corrected chi connectivity index (χ3v) is 7.75. The van der Waals surface area contributed by atoms with Crippen LogP contribution in [0.4, 0.5) is 11.6 Å². The highest BCUT2D eigenvalue weighted by molar-refractivity contribution is 7.99. The Morgan fingerprint density at radius 1 is 1.03 bits per heavy atom. The van der Waals surface area contributed by atoms with E-state index >= 15 is 0 Å². The number of pyridine rings is 1. The van der Waals surface area contributed by atoms with Crippen LogP contribution in [-0.2, 0) is 14.8 Å². The second-order valence-corrected chi connectivity index (χ2v) is 11.2. The van der Waals surface area contributed by atoms with E-state index in [1.54, 1.807) is 37.3 Å². The highest BCUT2D eigenvalue weighted by atomic mass is 35.5. The van der Waals surface area contributed by atoms with Gasteiger partial charge >= 0.3 is 0 Å². The van der Waals surface area contributed by atoms with Crippen LogP contribution in [0.2, 0.25) is 5.02 Å². The first kappa shape index (κ1) is 27.1. The van der Waals surface area contributed by atoms with Crippen molar-refractivity contribution in [1.82, 2.24) is 15.0 Å². The van der Waals surface area contributed by atoms with Gasteiger partial charge in [0, 0.05) is 40.3 Å². The number of hydrogen-bond donors (Lipinski definition) is 2. The largest absolute Gasteiger partial charge is 0.326 e. The molecule has 0 saturated heterocycles. The number of nitrogens with zero attached hydrogens (tertiary/aromatic N) is 4. The average molecular weight is 565 g/mol. The van der Waals surface area contributed by atoms with E-state index in [1.807, 2.05) is 12.1 Å². The molecule has 0 radical (unpaired) electrons. The lowest BCUT2D eigenvalue weighted by Crippen LogP contribution is -2.16. The standard InChI is InChI=1S/C26H21ClN6O3S2/c1-17-12-14-29-26(30-17)33-38(35,36)22-9-7-21(8-10-22)31-24(34)13-15-37-25-19(16-28)4-11-23(32-25)18-2-5-20(27)6-3-18/h2-12,14H,13,15H2,1H3,(H,31,34)(H,29,30,33). The van der Waals surface area contributed by atoms with Crippen molar-refractivity contribution in [1.29, 1.82) is 5.26 Å². The Labute approximate surface area is 229 Å². The fourth-order valence-electron chi connectivity index (χ4n) is 3.28. The summed E-state index contributed by atoms with van der Waals surface area (Å²) >= 11 is 7.27. The van der Waals surface area contributed by atoms with Gasteiger partial charge in [-0.15, -0.1) is 11.8 Å².